The van der Waals surface area contributed by atoms with E-state index in [2.05, 4.69) is 21.4 Å². The first-order valence-electron chi connectivity index (χ1n) is 9.31. The first kappa shape index (κ1) is 19.1. The molecule has 1 fully saturated rings. The normalized spacial score (nSPS) is 20.0. The van der Waals surface area contributed by atoms with Gasteiger partial charge in [0.15, 0.2) is 0 Å². The topological polar surface area (TPSA) is 78.7 Å². The standard InChI is InChI=1S/C23H19ClN4O/c1-14-3-7-19(26-12-14)23(20-8-6-18(24)13-27-20)10-21(23)28-22(29)16-4-5-17(11-25)15(2)9-16/h3-9,12-13,21H,10H2,1-2H3,(H,28,29)/t21?,23-/m1/s1. The van der Waals surface area contributed by atoms with Crippen LogP contribution in [-0.4, -0.2) is 21.9 Å². The molecule has 1 aromatic carbocycles. The van der Waals surface area contributed by atoms with Crippen molar-refractivity contribution < 1.29 is 4.79 Å². The second-order valence-electron chi connectivity index (χ2n) is 7.43. The molecule has 3 aromatic rings. The highest BCUT2D eigenvalue weighted by molar-refractivity contribution is 6.30. The Hall–Kier alpha value is -3.23. The van der Waals surface area contributed by atoms with Gasteiger partial charge >= 0.3 is 0 Å². The van der Waals surface area contributed by atoms with Crippen LogP contribution in [-0.2, 0) is 5.41 Å². The Kier molecular flexibility index (Phi) is 4.81. The SMILES string of the molecule is Cc1ccc([C@@]2(c3ccc(Cl)cn3)CC2NC(=O)c2ccc(C#N)c(C)c2)nc1. The molecule has 0 bridgehead atoms. The molecule has 6 heteroatoms. The Labute approximate surface area is 174 Å². The summed E-state index contributed by atoms with van der Waals surface area (Å²) in [4.78, 5) is 22.0. The number of aryl methyl sites for hydroxylation is 2. The third kappa shape index (κ3) is 3.48. The van der Waals surface area contributed by atoms with Crippen molar-refractivity contribution in [1.29, 1.82) is 5.26 Å². The summed E-state index contributed by atoms with van der Waals surface area (Å²) >= 11 is 6.02. The van der Waals surface area contributed by atoms with Crippen LogP contribution in [0.15, 0.2) is 54.9 Å². The zero-order chi connectivity index (χ0) is 20.6. The van der Waals surface area contributed by atoms with E-state index in [9.17, 15) is 4.79 Å². The van der Waals surface area contributed by atoms with E-state index in [1.807, 2.05) is 38.2 Å². The number of hydrogen-bond acceptors (Lipinski definition) is 4. The number of nitrogens with one attached hydrogen (secondary N) is 1. The molecule has 29 heavy (non-hydrogen) atoms. The highest BCUT2D eigenvalue weighted by Crippen LogP contribution is 2.52. The van der Waals surface area contributed by atoms with E-state index in [0.717, 1.165) is 22.5 Å². The number of aromatic nitrogens is 2. The van der Waals surface area contributed by atoms with Crippen LogP contribution in [0.3, 0.4) is 0 Å². The van der Waals surface area contributed by atoms with Crippen LogP contribution in [0.2, 0.25) is 5.02 Å². The van der Waals surface area contributed by atoms with Crippen LogP contribution in [0.25, 0.3) is 0 Å². The number of nitrogens with zero attached hydrogens (tertiary/aromatic N) is 3. The van der Waals surface area contributed by atoms with Crippen LogP contribution in [0.1, 0.15) is 44.9 Å². The first-order valence-corrected chi connectivity index (χ1v) is 9.68. The largest absolute Gasteiger partial charge is 0.348 e. The Morgan fingerprint density at radius 2 is 1.86 bits per heavy atom. The lowest BCUT2D eigenvalue weighted by atomic mass is 9.95. The minimum atomic E-state index is -0.477. The molecule has 1 aliphatic rings. The van der Waals surface area contributed by atoms with E-state index in [-0.39, 0.29) is 11.9 Å². The quantitative estimate of drug-likeness (QED) is 0.712. The van der Waals surface area contributed by atoms with Crippen LogP contribution < -0.4 is 5.32 Å². The molecule has 1 unspecified atom stereocenters. The fourth-order valence-corrected chi connectivity index (χ4v) is 3.79. The molecule has 144 valence electrons. The molecular weight excluding hydrogens is 384 g/mol. The van der Waals surface area contributed by atoms with Crippen molar-refractivity contribution >= 4 is 17.5 Å². The predicted molar refractivity (Wildman–Crippen MR) is 111 cm³/mol. The number of rotatable bonds is 4. The number of carbonyl (C=O) groups excluding carboxylic acids is 1. The van der Waals surface area contributed by atoms with Gasteiger partial charge in [-0.15, -0.1) is 0 Å². The second-order valence-corrected chi connectivity index (χ2v) is 7.86. The van der Waals surface area contributed by atoms with Crippen molar-refractivity contribution in [2.45, 2.75) is 31.7 Å². The average Bonchev–Trinajstić information content (AvgIpc) is 3.43. The maximum absolute atomic E-state index is 12.8. The van der Waals surface area contributed by atoms with Gasteiger partial charge in [-0.2, -0.15) is 5.26 Å². The second kappa shape index (κ2) is 7.31. The van der Waals surface area contributed by atoms with E-state index in [1.165, 1.54) is 0 Å². The van der Waals surface area contributed by atoms with Gasteiger partial charge in [0.2, 0.25) is 0 Å². The lowest BCUT2D eigenvalue weighted by Crippen LogP contribution is -2.32. The molecule has 2 aromatic heterocycles. The van der Waals surface area contributed by atoms with Crippen molar-refractivity contribution in [3.8, 4) is 6.07 Å². The molecule has 0 radical (unpaired) electrons. The van der Waals surface area contributed by atoms with Crippen molar-refractivity contribution in [3.05, 3.63) is 93.5 Å². The zero-order valence-electron chi connectivity index (χ0n) is 16.1. The number of hydrogen-bond donors (Lipinski definition) is 1. The third-order valence-electron chi connectivity index (χ3n) is 5.43. The van der Waals surface area contributed by atoms with Crippen molar-refractivity contribution in [2.75, 3.05) is 0 Å². The lowest BCUT2D eigenvalue weighted by molar-refractivity contribution is 0.0948. The number of nitriles is 1. The van der Waals surface area contributed by atoms with Gasteiger partial charge in [-0.25, -0.2) is 0 Å². The molecule has 0 spiro atoms. The van der Waals surface area contributed by atoms with E-state index >= 15 is 0 Å². The summed E-state index contributed by atoms with van der Waals surface area (Å²) in [6.07, 6.45) is 4.15. The number of carbonyl (C=O) groups is 1. The molecule has 2 atom stereocenters. The van der Waals surface area contributed by atoms with Gasteiger partial charge in [0.1, 0.15) is 0 Å². The van der Waals surface area contributed by atoms with Crippen LogP contribution in [0.4, 0.5) is 0 Å². The molecule has 4 rings (SSSR count). The highest BCUT2D eigenvalue weighted by Gasteiger charge is 2.59. The summed E-state index contributed by atoms with van der Waals surface area (Å²) in [6, 6.07) is 14.8. The number of amides is 1. The van der Waals surface area contributed by atoms with Crippen LogP contribution in [0, 0.1) is 25.2 Å². The summed E-state index contributed by atoms with van der Waals surface area (Å²) in [6.45, 7) is 3.81. The van der Waals surface area contributed by atoms with Gasteiger partial charge < -0.3 is 5.32 Å². The molecule has 1 saturated carbocycles. The molecule has 2 heterocycles. The van der Waals surface area contributed by atoms with Crippen molar-refractivity contribution in [1.82, 2.24) is 15.3 Å². The molecule has 5 nitrogen and oxygen atoms in total. The summed E-state index contributed by atoms with van der Waals surface area (Å²) in [5, 5.41) is 12.8. The summed E-state index contributed by atoms with van der Waals surface area (Å²) in [7, 11) is 0. The number of pyridine rings is 2. The Bertz CT molecular complexity index is 1070. The Morgan fingerprint density at radius 1 is 1.14 bits per heavy atom. The van der Waals surface area contributed by atoms with E-state index in [0.29, 0.717) is 22.6 Å². The van der Waals surface area contributed by atoms with Gasteiger partial charge in [-0.3, -0.25) is 14.8 Å². The molecule has 1 aliphatic carbocycles. The molecule has 1 N–H and O–H groups in total. The maximum Gasteiger partial charge on any atom is 0.251 e. The van der Waals surface area contributed by atoms with Crippen LogP contribution >= 0.6 is 11.6 Å². The average molecular weight is 403 g/mol. The summed E-state index contributed by atoms with van der Waals surface area (Å²) in [5.41, 5.74) is 4.18. The minimum Gasteiger partial charge on any atom is -0.348 e. The van der Waals surface area contributed by atoms with Gasteiger partial charge in [0.25, 0.3) is 5.91 Å². The maximum atomic E-state index is 12.8. The molecule has 1 amide bonds. The lowest BCUT2D eigenvalue weighted by Gasteiger charge is -2.18. The fourth-order valence-electron chi connectivity index (χ4n) is 3.68. The molecule has 0 saturated heterocycles. The van der Waals surface area contributed by atoms with Crippen molar-refractivity contribution in [2.24, 2.45) is 0 Å². The van der Waals surface area contributed by atoms with Gasteiger partial charge in [0.05, 0.1) is 33.5 Å². The predicted octanol–water partition coefficient (Wildman–Crippen LogP) is 4.11. The minimum absolute atomic E-state index is 0.130. The Morgan fingerprint density at radius 3 is 2.45 bits per heavy atom. The van der Waals surface area contributed by atoms with Crippen LogP contribution in [0.5, 0.6) is 0 Å². The van der Waals surface area contributed by atoms with Gasteiger partial charge in [0, 0.05) is 24.0 Å². The molecular formula is C23H19ClN4O. The van der Waals surface area contributed by atoms with Crippen molar-refractivity contribution in [3.63, 3.8) is 0 Å². The van der Waals surface area contributed by atoms with E-state index < -0.39 is 5.41 Å². The van der Waals surface area contributed by atoms with Gasteiger partial charge in [-0.1, -0.05) is 17.7 Å². The smallest absolute Gasteiger partial charge is 0.251 e. The van der Waals surface area contributed by atoms with E-state index in [1.54, 1.807) is 30.5 Å². The zero-order valence-corrected chi connectivity index (χ0v) is 16.9. The Balaban J connectivity index is 1.64. The monoisotopic (exact) mass is 402 g/mol. The highest BCUT2D eigenvalue weighted by atomic mass is 35.5. The number of halogens is 1. The third-order valence-corrected chi connectivity index (χ3v) is 5.65. The fraction of sp³-hybridized carbons (Fsp3) is 0.217. The van der Waals surface area contributed by atoms with E-state index in [4.69, 9.17) is 16.9 Å². The summed E-state index contributed by atoms with van der Waals surface area (Å²) in [5.74, 6) is -0.175. The summed E-state index contributed by atoms with van der Waals surface area (Å²) < 4.78 is 0. The molecule has 0 aliphatic heterocycles. The number of benzene rings is 1. The van der Waals surface area contributed by atoms with Gasteiger partial charge in [-0.05, 0) is 67.8 Å². The first-order chi connectivity index (χ1) is 13.9.